The molecule has 0 unspecified atom stereocenters. The number of alkyl halides is 3. The topological polar surface area (TPSA) is 75.7 Å². The van der Waals surface area contributed by atoms with Crippen LogP contribution in [0.1, 0.15) is 18.4 Å². The minimum Gasteiger partial charge on any atom is -0.406 e. The monoisotopic (exact) mass is 490 g/mol. The van der Waals surface area contributed by atoms with Crippen molar-refractivity contribution in [3.05, 3.63) is 59.1 Å². The summed E-state index contributed by atoms with van der Waals surface area (Å²) in [6, 6.07) is 11.4. The van der Waals surface area contributed by atoms with Gasteiger partial charge in [-0.15, -0.1) is 13.2 Å². The van der Waals surface area contributed by atoms with E-state index in [-0.39, 0.29) is 35.6 Å². The van der Waals surface area contributed by atoms with E-state index in [0.29, 0.717) is 30.8 Å². The summed E-state index contributed by atoms with van der Waals surface area (Å²) in [6.45, 7) is 0.801. The Morgan fingerprint density at radius 1 is 1.06 bits per heavy atom. The quantitative estimate of drug-likeness (QED) is 0.636. The van der Waals surface area contributed by atoms with Crippen LogP contribution in [0.15, 0.2) is 53.4 Å². The zero-order valence-electron chi connectivity index (χ0n) is 16.9. The first-order valence-electron chi connectivity index (χ1n) is 9.93. The number of sulfonamides is 1. The Hall–Kier alpha value is -2.30. The van der Waals surface area contributed by atoms with E-state index in [1.54, 1.807) is 0 Å². The van der Waals surface area contributed by atoms with Gasteiger partial charge in [0.05, 0.1) is 4.90 Å². The molecule has 0 atom stereocenters. The van der Waals surface area contributed by atoms with Gasteiger partial charge in [0.25, 0.3) is 0 Å². The van der Waals surface area contributed by atoms with Crippen LogP contribution >= 0.6 is 11.6 Å². The molecule has 0 bridgehead atoms. The van der Waals surface area contributed by atoms with Crippen molar-refractivity contribution >= 4 is 27.5 Å². The largest absolute Gasteiger partial charge is 0.573 e. The highest BCUT2D eigenvalue weighted by Crippen LogP contribution is 2.25. The molecule has 1 amide bonds. The Morgan fingerprint density at radius 3 is 2.22 bits per heavy atom. The molecule has 1 aliphatic rings. The van der Waals surface area contributed by atoms with E-state index < -0.39 is 16.4 Å². The number of ether oxygens (including phenoxy) is 1. The van der Waals surface area contributed by atoms with E-state index in [4.69, 9.17) is 11.6 Å². The van der Waals surface area contributed by atoms with Gasteiger partial charge in [-0.05, 0) is 61.2 Å². The van der Waals surface area contributed by atoms with Crippen LogP contribution in [0.5, 0.6) is 5.75 Å². The third-order valence-corrected chi connectivity index (χ3v) is 7.31. The van der Waals surface area contributed by atoms with Crippen LogP contribution in [-0.4, -0.2) is 44.6 Å². The van der Waals surface area contributed by atoms with Crippen LogP contribution < -0.4 is 10.1 Å². The van der Waals surface area contributed by atoms with Crippen molar-refractivity contribution in [1.82, 2.24) is 9.62 Å². The molecule has 1 fully saturated rings. The summed E-state index contributed by atoms with van der Waals surface area (Å²) in [5, 5.41) is 3.26. The minimum atomic E-state index is -4.74. The van der Waals surface area contributed by atoms with Gasteiger partial charge in [0, 0.05) is 30.6 Å². The lowest BCUT2D eigenvalue weighted by Crippen LogP contribution is -2.43. The van der Waals surface area contributed by atoms with Crippen molar-refractivity contribution in [3.8, 4) is 5.75 Å². The number of hydrogen-bond acceptors (Lipinski definition) is 4. The molecule has 0 aromatic heterocycles. The van der Waals surface area contributed by atoms with Crippen LogP contribution in [0.2, 0.25) is 5.02 Å². The number of nitrogens with one attached hydrogen (secondary N) is 1. The van der Waals surface area contributed by atoms with Crippen LogP contribution in [0.3, 0.4) is 0 Å². The van der Waals surface area contributed by atoms with Crippen molar-refractivity contribution in [2.24, 2.45) is 5.92 Å². The third-order valence-electron chi connectivity index (χ3n) is 5.15. The summed E-state index contributed by atoms with van der Waals surface area (Å²) < 4.78 is 67.2. The van der Waals surface area contributed by atoms with E-state index in [0.717, 1.165) is 5.56 Å². The summed E-state index contributed by atoms with van der Waals surface area (Å²) in [5.41, 5.74) is 0.753. The smallest absolute Gasteiger partial charge is 0.406 e. The number of amides is 1. The molecule has 174 valence electrons. The fourth-order valence-electron chi connectivity index (χ4n) is 3.45. The fraction of sp³-hybridized carbons (Fsp3) is 0.381. The minimum absolute atomic E-state index is 0.162. The number of hydrogen-bond donors (Lipinski definition) is 1. The van der Waals surface area contributed by atoms with E-state index >= 15 is 0 Å². The number of carbonyl (C=O) groups is 1. The molecule has 0 radical (unpaired) electrons. The first kappa shape index (κ1) is 24.3. The lowest BCUT2D eigenvalue weighted by molar-refractivity contribution is -0.274. The van der Waals surface area contributed by atoms with Crippen molar-refractivity contribution < 1.29 is 31.1 Å². The SMILES string of the molecule is O=C(NCCc1ccc(OC(F)(F)F)cc1)C1CCN(S(=O)(=O)c2ccc(Cl)cc2)CC1. The van der Waals surface area contributed by atoms with Gasteiger partial charge in [-0.2, -0.15) is 4.31 Å². The average Bonchev–Trinajstić information content (AvgIpc) is 2.74. The molecule has 0 spiro atoms. The van der Waals surface area contributed by atoms with Crippen LogP contribution in [-0.2, 0) is 21.2 Å². The molecule has 2 aromatic carbocycles. The highest BCUT2D eigenvalue weighted by molar-refractivity contribution is 7.89. The van der Waals surface area contributed by atoms with Gasteiger partial charge in [-0.3, -0.25) is 4.79 Å². The molecule has 0 aliphatic carbocycles. The molecule has 32 heavy (non-hydrogen) atoms. The maximum absolute atomic E-state index is 12.7. The van der Waals surface area contributed by atoms with E-state index in [2.05, 4.69) is 10.1 Å². The normalized spacial score (nSPS) is 16.0. The molecular formula is C21H22ClF3N2O4S. The highest BCUT2D eigenvalue weighted by atomic mass is 35.5. The molecule has 1 heterocycles. The van der Waals surface area contributed by atoms with Crippen LogP contribution in [0.25, 0.3) is 0 Å². The molecule has 1 aliphatic heterocycles. The third kappa shape index (κ3) is 6.60. The molecule has 0 saturated carbocycles. The number of nitrogens with zero attached hydrogens (tertiary/aromatic N) is 1. The standard InChI is InChI=1S/C21H22ClF3N2O4S/c22-17-3-7-19(8-4-17)32(29,30)27-13-10-16(11-14-27)20(28)26-12-9-15-1-5-18(6-2-15)31-21(23,24)25/h1-8,16H,9-14H2,(H,26,28). The Balaban J connectivity index is 1.44. The molecule has 11 heteroatoms. The Bertz CT molecular complexity index is 1020. The molecular weight excluding hydrogens is 469 g/mol. The number of halogens is 4. The zero-order valence-corrected chi connectivity index (χ0v) is 18.5. The second-order valence-corrected chi connectivity index (χ2v) is 9.74. The summed E-state index contributed by atoms with van der Waals surface area (Å²) in [4.78, 5) is 12.6. The summed E-state index contributed by atoms with van der Waals surface area (Å²) in [7, 11) is -3.63. The number of carbonyl (C=O) groups excluding carboxylic acids is 1. The van der Waals surface area contributed by atoms with Crippen LogP contribution in [0.4, 0.5) is 13.2 Å². The Morgan fingerprint density at radius 2 is 1.66 bits per heavy atom. The summed E-state index contributed by atoms with van der Waals surface area (Å²) >= 11 is 5.81. The van der Waals surface area contributed by atoms with Gasteiger partial charge in [0.1, 0.15) is 5.75 Å². The molecule has 3 rings (SSSR count). The summed E-state index contributed by atoms with van der Waals surface area (Å²) in [6.07, 6.45) is -3.48. The average molecular weight is 491 g/mol. The second kappa shape index (κ2) is 10.1. The zero-order chi connectivity index (χ0) is 23.4. The predicted octanol–water partition coefficient (Wildman–Crippen LogP) is 4.00. The number of rotatable bonds is 7. The van der Waals surface area contributed by atoms with Crippen molar-refractivity contribution in [2.45, 2.75) is 30.5 Å². The highest BCUT2D eigenvalue weighted by Gasteiger charge is 2.32. The molecule has 1 N–H and O–H groups in total. The van der Waals surface area contributed by atoms with Gasteiger partial charge in [0.2, 0.25) is 15.9 Å². The second-order valence-electron chi connectivity index (χ2n) is 7.37. The van der Waals surface area contributed by atoms with Gasteiger partial charge in [-0.25, -0.2) is 8.42 Å². The fourth-order valence-corrected chi connectivity index (χ4v) is 5.04. The Kier molecular flexibility index (Phi) is 7.68. The van der Waals surface area contributed by atoms with Gasteiger partial charge >= 0.3 is 6.36 Å². The van der Waals surface area contributed by atoms with E-state index in [9.17, 15) is 26.4 Å². The summed E-state index contributed by atoms with van der Waals surface area (Å²) in [5.74, 6) is -0.759. The van der Waals surface area contributed by atoms with Crippen molar-refractivity contribution in [3.63, 3.8) is 0 Å². The number of benzene rings is 2. The van der Waals surface area contributed by atoms with Crippen LogP contribution in [0, 0.1) is 5.92 Å². The maximum Gasteiger partial charge on any atom is 0.573 e. The van der Waals surface area contributed by atoms with E-state index in [1.807, 2.05) is 0 Å². The van der Waals surface area contributed by atoms with E-state index in [1.165, 1.54) is 52.8 Å². The molecule has 1 saturated heterocycles. The van der Waals surface area contributed by atoms with Crippen molar-refractivity contribution in [1.29, 1.82) is 0 Å². The van der Waals surface area contributed by atoms with Gasteiger partial charge in [0.15, 0.2) is 0 Å². The van der Waals surface area contributed by atoms with Gasteiger partial charge < -0.3 is 10.1 Å². The predicted molar refractivity (Wildman–Crippen MR) is 113 cm³/mol. The number of piperidine rings is 1. The van der Waals surface area contributed by atoms with Crippen molar-refractivity contribution in [2.75, 3.05) is 19.6 Å². The maximum atomic E-state index is 12.7. The lowest BCUT2D eigenvalue weighted by atomic mass is 9.97. The van der Waals surface area contributed by atoms with Gasteiger partial charge in [-0.1, -0.05) is 23.7 Å². The lowest BCUT2D eigenvalue weighted by Gasteiger charge is -2.30. The molecule has 2 aromatic rings. The first-order chi connectivity index (χ1) is 15.0. The Labute approximate surface area is 189 Å². The first-order valence-corrected chi connectivity index (χ1v) is 11.7. The molecule has 6 nitrogen and oxygen atoms in total.